The molecule has 0 aliphatic heterocycles. The number of hydrogen-bond acceptors (Lipinski definition) is 2. The molecule has 1 aliphatic carbocycles. The highest BCUT2D eigenvalue weighted by Crippen LogP contribution is 2.28. The van der Waals surface area contributed by atoms with Crippen molar-refractivity contribution in [3.8, 4) is 5.75 Å². The van der Waals surface area contributed by atoms with Gasteiger partial charge in [-0.3, -0.25) is 0 Å². The first-order valence-electron chi connectivity index (χ1n) is 7.29. The Kier molecular flexibility index (Phi) is 5.53. The Morgan fingerprint density at radius 3 is 2.56 bits per heavy atom. The van der Waals surface area contributed by atoms with Crippen LogP contribution >= 0.6 is 0 Å². The predicted molar refractivity (Wildman–Crippen MR) is 75.7 cm³/mol. The van der Waals surface area contributed by atoms with Crippen LogP contribution in [0.4, 0.5) is 0 Å². The minimum atomic E-state index is 0.421. The van der Waals surface area contributed by atoms with Crippen molar-refractivity contribution in [2.45, 2.75) is 51.0 Å². The zero-order valence-electron chi connectivity index (χ0n) is 11.2. The van der Waals surface area contributed by atoms with Crippen LogP contribution in [0, 0.1) is 5.92 Å². The highest BCUT2D eigenvalue weighted by atomic mass is 16.5. The van der Waals surface area contributed by atoms with Gasteiger partial charge in [0.1, 0.15) is 5.75 Å². The Morgan fingerprint density at radius 2 is 1.83 bits per heavy atom. The van der Waals surface area contributed by atoms with E-state index in [4.69, 9.17) is 10.5 Å². The van der Waals surface area contributed by atoms with E-state index in [2.05, 4.69) is 0 Å². The van der Waals surface area contributed by atoms with E-state index in [1.807, 2.05) is 30.3 Å². The van der Waals surface area contributed by atoms with E-state index in [-0.39, 0.29) is 0 Å². The summed E-state index contributed by atoms with van der Waals surface area (Å²) in [6, 6.07) is 10.4. The van der Waals surface area contributed by atoms with Gasteiger partial charge < -0.3 is 10.5 Å². The quantitative estimate of drug-likeness (QED) is 0.745. The zero-order chi connectivity index (χ0) is 12.6. The fraction of sp³-hybridized carbons (Fsp3) is 0.625. The normalized spacial score (nSPS) is 17.8. The highest BCUT2D eigenvalue weighted by molar-refractivity contribution is 5.20. The Bertz CT molecular complexity index is 319. The lowest BCUT2D eigenvalue weighted by Crippen LogP contribution is -2.28. The van der Waals surface area contributed by atoms with Crippen molar-refractivity contribution in [2.75, 3.05) is 6.61 Å². The molecule has 0 radical (unpaired) electrons. The molecule has 2 heteroatoms. The first-order chi connectivity index (χ1) is 8.86. The Morgan fingerprint density at radius 1 is 1.11 bits per heavy atom. The maximum absolute atomic E-state index is 6.23. The van der Waals surface area contributed by atoms with Crippen molar-refractivity contribution >= 4 is 0 Å². The minimum absolute atomic E-state index is 0.421. The van der Waals surface area contributed by atoms with Crippen molar-refractivity contribution in [1.82, 2.24) is 0 Å². The number of hydrogen-bond donors (Lipinski definition) is 1. The maximum atomic E-state index is 6.23. The number of benzene rings is 1. The smallest absolute Gasteiger partial charge is 0.119 e. The van der Waals surface area contributed by atoms with Gasteiger partial charge in [0, 0.05) is 6.04 Å². The summed E-state index contributed by atoms with van der Waals surface area (Å²) < 4.78 is 5.67. The Balaban J connectivity index is 1.53. The van der Waals surface area contributed by atoms with Gasteiger partial charge in [0.05, 0.1) is 6.61 Å². The predicted octanol–water partition coefficient (Wildman–Crippen LogP) is 3.75. The molecule has 0 aromatic heterocycles. The SMILES string of the molecule is NC(CCCCOc1ccccc1)C1CCCC1. The van der Waals surface area contributed by atoms with Gasteiger partial charge in [-0.1, -0.05) is 31.0 Å². The summed E-state index contributed by atoms with van der Waals surface area (Å²) in [7, 11) is 0. The molecule has 0 amide bonds. The third-order valence-corrected chi connectivity index (χ3v) is 3.95. The van der Waals surface area contributed by atoms with Crippen LogP contribution in [0.5, 0.6) is 5.75 Å². The van der Waals surface area contributed by atoms with Gasteiger partial charge in [0.25, 0.3) is 0 Å². The van der Waals surface area contributed by atoms with Gasteiger partial charge in [0.15, 0.2) is 0 Å². The molecule has 1 aliphatic rings. The Hall–Kier alpha value is -1.02. The second-order valence-corrected chi connectivity index (χ2v) is 5.37. The largest absolute Gasteiger partial charge is 0.494 e. The van der Waals surface area contributed by atoms with Crippen LogP contribution in [0.1, 0.15) is 44.9 Å². The number of ether oxygens (including phenoxy) is 1. The van der Waals surface area contributed by atoms with Crippen molar-refractivity contribution in [2.24, 2.45) is 11.7 Å². The molecule has 0 spiro atoms. The lowest BCUT2D eigenvalue weighted by atomic mass is 9.94. The van der Waals surface area contributed by atoms with E-state index in [1.54, 1.807) is 0 Å². The molecule has 1 aromatic rings. The molecule has 2 nitrogen and oxygen atoms in total. The Labute approximate surface area is 111 Å². The molecule has 1 unspecified atom stereocenters. The first-order valence-corrected chi connectivity index (χ1v) is 7.29. The average molecular weight is 247 g/mol. The zero-order valence-corrected chi connectivity index (χ0v) is 11.2. The van der Waals surface area contributed by atoms with Crippen LogP contribution in [0.2, 0.25) is 0 Å². The van der Waals surface area contributed by atoms with E-state index in [9.17, 15) is 0 Å². The molecule has 18 heavy (non-hydrogen) atoms. The molecule has 2 N–H and O–H groups in total. The van der Waals surface area contributed by atoms with Crippen molar-refractivity contribution in [3.05, 3.63) is 30.3 Å². The maximum Gasteiger partial charge on any atom is 0.119 e. The lowest BCUT2D eigenvalue weighted by Gasteiger charge is -2.18. The van der Waals surface area contributed by atoms with E-state index in [1.165, 1.54) is 32.1 Å². The summed E-state index contributed by atoms with van der Waals surface area (Å²) in [5.74, 6) is 1.76. The molecule has 100 valence electrons. The highest BCUT2D eigenvalue weighted by Gasteiger charge is 2.21. The van der Waals surface area contributed by atoms with Gasteiger partial charge in [-0.25, -0.2) is 0 Å². The number of rotatable bonds is 7. The van der Waals surface area contributed by atoms with E-state index < -0.39 is 0 Å². The van der Waals surface area contributed by atoms with Crippen LogP contribution in [0.25, 0.3) is 0 Å². The van der Waals surface area contributed by atoms with Crippen molar-refractivity contribution in [3.63, 3.8) is 0 Å². The van der Waals surface area contributed by atoms with Crippen molar-refractivity contribution < 1.29 is 4.74 Å². The average Bonchev–Trinajstić information content (AvgIpc) is 2.93. The molecular formula is C16H25NO. The third kappa shape index (κ3) is 4.34. The number of unbranched alkanes of at least 4 members (excludes halogenated alkanes) is 1. The first kappa shape index (κ1) is 13.4. The fourth-order valence-corrected chi connectivity index (χ4v) is 2.81. The molecule has 0 saturated heterocycles. The van der Waals surface area contributed by atoms with Gasteiger partial charge >= 0.3 is 0 Å². The summed E-state index contributed by atoms with van der Waals surface area (Å²) >= 11 is 0. The van der Waals surface area contributed by atoms with Crippen molar-refractivity contribution in [1.29, 1.82) is 0 Å². The summed E-state index contributed by atoms with van der Waals surface area (Å²) in [4.78, 5) is 0. The van der Waals surface area contributed by atoms with Gasteiger partial charge in [-0.2, -0.15) is 0 Å². The topological polar surface area (TPSA) is 35.2 Å². The standard InChI is InChI=1S/C16H25NO/c17-16(14-8-4-5-9-14)12-6-7-13-18-15-10-2-1-3-11-15/h1-3,10-11,14,16H,4-9,12-13,17H2. The second-order valence-electron chi connectivity index (χ2n) is 5.37. The summed E-state index contributed by atoms with van der Waals surface area (Å²) in [5, 5.41) is 0. The summed E-state index contributed by atoms with van der Waals surface area (Å²) in [6.45, 7) is 0.807. The van der Waals surface area contributed by atoms with E-state index in [0.29, 0.717) is 6.04 Å². The van der Waals surface area contributed by atoms with Crippen LogP contribution in [0.15, 0.2) is 30.3 Å². The minimum Gasteiger partial charge on any atom is -0.494 e. The van der Waals surface area contributed by atoms with Crippen LogP contribution < -0.4 is 10.5 Å². The molecule has 1 fully saturated rings. The van der Waals surface area contributed by atoms with E-state index >= 15 is 0 Å². The van der Waals surface area contributed by atoms with Crippen LogP contribution in [-0.2, 0) is 0 Å². The van der Waals surface area contributed by atoms with Gasteiger partial charge in [-0.05, 0) is 50.2 Å². The molecular weight excluding hydrogens is 222 g/mol. The second kappa shape index (κ2) is 7.42. The molecule has 0 heterocycles. The molecule has 2 rings (SSSR count). The molecule has 0 bridgehead atoms. The summed E-state index contributed by atoms with van der Waals surface area (Å²) in [6.07, 6.45) is 8.91. The molecule has 1 atom stereocenters. The van der Waals surface area contributed by atoms with Gasteiger partial charge in [0.2, 0.25) is 0 Å². The summed E-state index contributed by atoms with van der Waals surface area (Å²) in [5.41, 5.74) is 6.23. The molecule has 1 aromatic carbocycles. The molecule has 1 saturated carbocycles. The number of nitrogens with two attached hydrogens (primary N) is 1. The monoisotopic (exact) mass is 247 g/mol. The fourth-order valence-electron chi connectivity index (χ4n) is 2.81. The van der Waals surface area contributed by atoms with E-state index in [0.717, 1.165) is 31.1 Å². The number of para-hydroxylation sites is 1. The third-order valence-electron chi connectivity index (χ3n) is 3.95. The van der Waals surface area contributed by atoms with Crippen LogP contribution in [-0.4, -0.2) is 12.6 Å². The van der Waals surface area contributed by atoms with Gasteiger partial charge in [-0.15, -0.1) is 0 Å². The lowest BCUT2D eigenvalue weighted by molar-refractivity contribution is 0.297. The van der Waals surface area contributed by atoms with Crippen LogP contribution in [0.3, 0.4) is 0 Å².